The molecule has 2 aliphatic rings. The van der Waals surface area contributed by atoms with E-state index in [1.54, 1.807) is 12.1 Å². The summed E-state index contributed by atoms with van der Waals surface area (Å²) in [5.41, 5.74) is 5.95. The van der Waals surface area contributed by atoms with Crippen LogP contribution >= 0.6 is 12.4 Å². The Morgan fingerprint density at radius 1 is 0.875 bits per heavy atom. The van der Waals surface area contributed by atoms with E-state index in [9.17, 15) is 14.9 Å². The van der Waals surface area contributed by atoms with Crippen molar-refractivity contribution in [1.29, 1.82) is 0 Å². The highest BCUT2D eigenvalue weighted by Crippen LogP contribution is 2.41. The number of non-ortho nitro benzene ring substituents is 1. The van der Waals surface area contributed by atoms with Crippen molar-refractivity contribution in [2.45, 2.75) is 19.0 Å². The number of nitro groups is 1. The number of halogens is 1. The second kappa shape index (κ2) is 15.9. The number of nitrogens with zero attached hydrogens (tertiary/aromatic N) is 6. The molecule has 0 spiro atoms. The number of nitrogens with one attached hydrogen (secondary N) is 1. The largest absolute Gasteiger partial charge is 0.352 e. The molecule has 0 saturated carbocycles. The van der Waals surface area contributed by atoms with Crippen LogP contribution in [0.5, 0.6) is 0 Å². The van der Waals surface area contributed by atoms with Crippen molar-refractivity contribution in [3.63, 3.8) is 0 Å². The Morgan fingerprint density at radius 2 is 1.52 bits per heavy atom. The van der Waals surface area contributed by atoms with Gasteiger partial charge in [0.05, 0.1) is 23.1 Å². The molecule has 10 nitrogen and oxygen atoms in total. The van der Waals surface area contributed by atoms with Crippen LogP contribution in [0.2, 0.25) is 0 Å². The number of piperazine rings is 1. The van der Waals surface area contributed by atoms with Crippen LogP contribution in [0.3, 0.4) is 0 Å². The number of carbonyl (C=O) groups is 1. The standard InChI is InChI=1S/C37H41N7O3.ClH/c1-40(2)20-21-41-22-24-42(25-23-41)37-39-34-11-7-6-10-33(34)35(26-36(45)38-27-28-12-16-32(17-13-28)44(46)47)43(37)31-18-14-30(15-19-31)29-8-4-3-5-9-29;/h3-19,35H,20-27H2,1-2H3,(H,38,45);1H. The van der Waals surface area contributed by atoms with Gasteiger partial charge in [-0.25, -0.2) is 4.99 Å². The lowest BCUT2D eigenvalue weighted by Gasteiger charge is -2.45. The predicted molar refractivity (Wildman–Crippen MR) is 194 cm³/mol. The number of anilines is 1. The summed E-state index contributed by atoms with van der Waals surface area (Å²) in [6.45, 7) is 5.89. The van der Waals surface area contributed by atoms with E-state index >= 15 is 0 Å². The van der Waals surface area contributed by atoms with Gasteiger partial charge in [0.25, 0.3) is 5.69 Å². The maximum Gasteiger partial charge on any atom is 0.269 e. The Morgan fingerprint density at radius 3 is 2.19 bits per heavy atom. The van der Waals surface area contributed by atoms with Gasteiger partial charge >= 0.3 is 0 Å². The molecule has 0 aliphatic carbocycles. The molecule has 48 heavy (non-hydrogen) atoms. The quantitative estimate of drug-likeness (QED) is 0.161. The molecule has 2 heterocycles. The van der Waals surface area contributed by atoms with E-state index in [2.05, 4.69) is 81.5 Å². The molecule has 1 fully saturated rings. The molecule has 4 aromatic rings. The van der Waals surface area contributed by atoms with Gasteiger partial charge < -0.3 is 20.0 Å². The fourth-order valence-corrected chi connectivity index (χ4v) is 6.17. The molecule has 1 unspecified atom stereocenters. The molecule has 4 aromatic carbocycles. The Bertz CT molecular complexity index is 1710. The number of hydrogen-bond acceptors (Lipinski definition) is 8. The van der Waals surface area contributed by atoms with E-state index in [0.717, 1.165) is 78.9 Å². The van der Waals surface area contributed by atoms with E-state index in [0.29, 0.717) is 0 Å². The third-order valence-electron chi connectivity index (χ3n) is 8.83. The Kier molecular flexibility index (Phi) is 11.4. The topological polar surface area (TPSA) is 97.6 Å². The highest BCUT2D eigenvalue weighted by Gasteiger charge is 2.36. The van der Waals surface area contributed by atoms with E-state index in [1.165, 1.54) is 12.1 Å². The summed E-state index contributed by atoms with van der Waals surface area (Å²) in [6.07, 6.45) is 0.215. The molecule has 1 amide bonds. The minimum atomic E-state index is -0.424. The summed E-state index contributed by atoms with van der Waals surface area (Å²) in [7, 11) is 4.21. The van der Waals surface area contributed by atoms with Gasteiger partial charge in [-0.05, 0) is 49.0 Å². The van der Waals surface area contributed by atoms with Crippen molar-refractivity contribution in [2.24, 2.45) is 4.99 Å². The summed E-state index contributed by atoms with van der Waals surface area (Å²) in [4.78, 5) is 38.8. The summed E-state index contributed by atoms with van der Waals surface area (Å²) >= 11 is 0. The predicted octanol–water partition coefficient (Wildman–Crippen LogP) is 6.12. The van der Waals surface area contributed by atoms with Crippen LogP contribution in [-0.2, 0) is 11.3 Å². The van der Waals surface area contributed by atoms with Gasteiger partial charge in [-0.3, -0.25) is 19.8 Å². The molecule has 1 atom stereocenters. The fraction of sp³-hybridized carbons (Fsp3) is 0.297. The highest BCUT2D eigenvalue weighted by atomic mass is 35.5. The maximum atomic E-state index is 13.6. The number of para-hydroxylation sites is 1. The lowest BCUT2D eigenvalue weighted by molar-refractivity contribution is -0.384. The van der Waals surface area contributed by atoms with Gasteiger partial charge in [-0.2, -0.15) is 0 Å². The third kappa shape index (κ3) is 8.20. The molecule has 11 heteroatoms. The van der Waals surface area contributed by atoms with Crippen LogP contribution in [0.4, 0.5) is 17.1 Å². The fourth-order valence-electron chi connectivity index (χ4n) is 6.17. The van der Waals surface area contributed by atoms with Gasteiger partial charge in [0.2, 0.25) is 11.9 Å². The van der Waals surface area contributed by atoms with Crippen LogP contribution in [0.15, 0.2) is 108 Å². The van der Waals surface area contributed by atoms with Crippen molar-refractivity contribution < 1.29 is 9.72 Å². The van der Waals surface area contributed by atoms with Gasteiger partial charge in [-0.1, -0.05) is 72.8 Å². The molecule has 6 rings (SSSR count). The van der Waals surface area contributed by atoms with Crippen LogP contribution in [0.25, 0.3) is 11.1 Å². The molecule has 1 saturated heterocycles. The number of nitro benzene ring substituents is 1. The van der Waals surface area contributed by atoms with Crippen molar-refractivity contribution in [2.75, 3.05) is 58.3 Å². The van der Waals surface area contributed by atoms with E-state index in [1.807, 2.05) is 36.4 Å². The SMILES string of the molecule is CN(C)CCN1CCN(C2=Nc3ccccc3C(CC(=O)NCc3ccc([N+](=O)[O-])cc3)N2c2ccc(-c3ccccc3)cc2)CC1.Cl. The van der Waals surface area contributed by atoms with E-state index < -0.39 is 4.92 Å². The Labute approximate surface area is 288 Å². The average Bonchev–Trinajstić information content (AvgIpc) is 3.10. The van der Waals surface area contributed by atoms with Crippen LogP contribution in [0, 0.1) is 10.1 Å². The number of amides is 1. The van der Waals surface area contributed by atoms with Crippen LogP contribution in [-0.4, -0.2) is 84.9 Å². The molecule has 0 aromatic heterocycles. The monoisotopic (exact) mass is 667 g/mol. The summed E-state index contributed by atoms with van der Waals surface area (Å²) in [5.74, 6) is 0.750. The van der Waals surface area contributed by atoms with Crippen molar-refractivity contribution in [3.8, 4) is 11.1 Å². The second-order valence-corrected chi connectivity index (χ2v) is 12.3. The van der Waals surface area contributed by atoms with Crippen molar-refractivity contribution >= 4 is 41.3 Å². The first kappa shape index (κ1) is 34.6. The second-order valence-electron chi connectivity index (χ2n) is 12.3. The van der Waals surface area contributed by atoms with Crippen molar-refractivity contribution in [1.82, 2.24) is 20.0 Å². The number of carbonyl (C=O) groups excluding carboxylic acids is 1. The molecule has 0 bridgehead atoms. The zero-order chi connectivity index (χ0) is 32.8. The molecular weight excluding hydrogens is 626 g/mol. The molecule has 0 radical (unpaired) electrons. The number of likely N-dealkylation sites (N-methyl/N-ethyl adjacent to an activating group) is 1. The zero-order valence-corrected chi connectivity index (χ0v) is 28.2. The first-order valence-electron chi connectivity index (χ1n) is 16.1. The number of fused-ring (bicyclic) bond motifs is 1. The first-order valence-corrected chi connectivity index (χ1v) is 16.1. The van der Waals surface area contributed by atoms with Crippen molar-refractivity contribution in [3.05, 3.63) is 124 Å². The van der Waals surface area contributed by atoms with Crippen LogP contribution < -0.4 is 10.2 Å². The smallest absolute Gasteiger partial charge is 0.269 e. The van der Waals surface area contributed by atoms with Gasteiger partial charge in [0.1, 0.15) is 0 Å². The normalized spacial score (nSPS) is 16.1. The number of aliphatic imine (C=N–C) groups is 1. The lowest BCUT2D eigenvalue weighted by atomic mass is 9.96. The van der Waals surface area contributed by atoms with Crippen LogP contribution in [0.1, 0.15) is 23.6 Å². The Hall–Kier alpha value is -4.77. The Balaban J connectivity index is 0.00000451. The maximum absolute atomic E-state index is 13.6. The average molecular weight is 668 g/mol. The van der Waals surface area contributed by atoms with Gasteiger partial charge in [0, 0.05) is 69.2 Å². The summed E-state index contributed by atoms with van der Waals surface area (Å²) in [5, 5.41) is 14.1. The molecular formula is C37H42ClN7O3. The van der Waals surface area contributed by atoms with Gasteiger partial charge in [-0.15, -0.1) is 12.4 Å². The zero-order valence-electron chi connectivity index (χ0n) is 27.4. The van der Waals surface area contributed by atoms with Gasteiger partial charge in [0.15, 0.2) is 0 Å². The number of benzene rings is 4. The summed E-state index contributed by atoms with van der Waals surface area (Å²) < 4.78 is 0. The third-order valence-corrected chi connectivity index (χ3v) is 8.83. The molecule has 250 valence electrons. The molecule has 1 N–H and O–H groups in total. The lowest BCUT2D eigenvalue weighted by Crippen LogP contribution is -2.56. The number of guanidine groups is 1. The number of hydrogen-bond donors (Lipinski definition) is 1. The van der Waals surface area contributed by atoms with E-state index in [4.69, 9.17) is 4.99 Å². The summed E-state index contributed by atoms with van der Waals surface area (Å²) in [6, 6.07) is 32.9. The minimum absolute atomic E-state index is 0. The minimum Gasteiger partial charge on any atom is -0.352 e. The first-order chi connectivity index (χ1) is 22.9. The number of rotatable bonds is 10. The molecule has 2 aliphatic heterocycles. The highest BCUT2D eigenvalue weighted by molar-refractivity contribution is 6.01. The van der Waals surface area contributed by atoms with E-state index in [-0.39, 0.29) is 43.0 Å².